The number of aliphatic carboxylic acids is 1. The maximum absolute atomic E-state index is 12.8. The third kappa shape index (κ3) is 1.61. The number of nitrogens with zero attached hydrogens (tertiary/aromatic N) is 2. The van der Waals surface area contributed by atoms with Crippen molar-refractivity contribution in [2.24, 2.45) is 0 Å². The average molecular weight is 172 g/mol. The molecule has 5 heteroatoms. The van der Waals surface area contributed by atoms with Crippen LogP contribution in [0.3, 0.4) is 0 Å². The lowest BCUT2D eigenvalue weighted by molar-refractivity contribution is -0.143. The van der Waals surface area contributed by atoms with Crippen molar-refractivity contribution in [2.75, 3.05) is 0 Å². The Balaban J connectivity index is 2.81. The predicted molar refractivity (Wildman–Crippen MR) is 39.4 cm³/mol. The zero-order valence-electron chi connectivity index (χ0n) is 6.57. The van der Waals surface area contributed by atoms with Crippen LogP contribution in [0, 0.1) is 0 Å². The molecule has 4 nitrogen and oxygen atoms in total. The lowest BCUT2D eigenvalue weighted by atomic mass is 10.2. The van der Waals surface area contributed by atoms with Crippen molar-refractivity contribution in [3.63, 3.8) is 0 Å². The van der Waals surface area contributed by atoms with Crippen molar-refractivity contribution in [2.45, 2.75) is 19.6 Å². The van der Waals surface area contributed by atoms with Crippen LogP contribution >= 0.6 is 0 Å². The van der Waals surface area contributed by atoms with Crippen molar-refractivity contribution >= 4 is 5.97 Å². The smallest absolute Gasteiger partial charge is 0.343 e. The number of hydrogen-bond acceptors (Lipinski definition) is 2. The Hall–Kier alpha value is -1.39. The molecule has 0 bridgehead atoms. The van der Waals surface area contributed by atoms with Gasteiger partial charge in [0.2, 0.25) is 6.17 Å². The van der Waals surface area contributed by atoms with E-state index in [-0.39, 0.29) is 5.56 Å². The van der Waals surface area contributed by atoms with E-state index < -0.39 is 12.1 Å². The van der Waals surface area contributed by atoms with Gasteiger partial charge in [0, 0.05) is 18.3 Å². The first-order valence-electron chi connectivity index (χ1n) is 3.54. The lowest BCUT2D eigenvalue weighted by Gasteiger charge is -1.96. The normalized spacial score (nSPS) is 12.8. The van der Waals surface area contributed by atoms with Gasteiger partial charge < -0.3 is 5.11 Å². The fraction of sp³-hybridized carbons (Fsp3) is 0.429. The molecule has 0 amide bonds. The minimum atomic E-state index is -1.97. The first-order valence-corrected chi connectivity index (χ1v) is 3.54. The molecule has 0 spiro atoms. The number of aromatic nitrogens is 2. The SMILES string of the molecule is CCn1cc(C(F)C(=O)O)cn1. The molecule has 1 heterocycles. The van der Waals surface area contributed by atoms with Crippen LogP contribution in [0.15, 0.2) is 12.4 Å². The van der Waals surface area contributed by atoms with Gasteiger partial charge in [0.15, 0.2) is 0 Å². The van der Waals surface area contributed by atoms with Crippen LogP contribution in [-0.2, 0) is 11.3 Å². The molecule has 1 unspecified atom stereocenters. The van der Waals surface area contributed by atoms with Crippen LogP contribution in [0.1, 0.15) is 18.7 Å². The van der Waals surface area contributed by atoms with Gasteiger partial charge in [-0.3, -0.25) is 4.68 Å². The minimum Gasteiger partial charge on any atom is -0.479 e. The van der Waals surface area contributed by atoms with Crippen LogP contribution in [0.25, 0.3) is 0 Å². The number of aryl methyl sites for hydroxylation is 1. The number of carbonyl (C=O) groups is 1. The maximum Gasteiger partial charge on any atom is 0.343 e. The zero-order chi connectivity index (χ0) is 9.14. The van der Waals surface area contributed by atoms with Crippen LogP contribution in [0.5, 0.6) is 0 Å². The Kier molecular flexibility index (Phi) is 2.42. The molecule has 1 aromatic rings. The van der Waals surface area contributed by atoms with E-state index in [0.717, 1.165) is 0 Å². The largest absolute Gasteiger partial charge is 0.479 e. The monoisotopic (exact) mass is 172 g/mol. The molecule has 0 aliphatic heterocycles. The van der Waals surface area contributed by atoms with Crippen LogP contribution in [0.2, 0.25) is 0 Å². The maximum atomic E-state index is 12.8. The van der Waals surface area contributed by atoms with Gasteiger partial charge >= 0.3 is 5.97 Å². The minimum absolute atomic E-state index is 0.0874. The molecule has 1 atom stereocenters. The third-order valence-corrected chi connectivity index (χ3v) is 1.49. The molecular weight excluding hydrogens is 163 g/mol. The van der Waals surface area contributed by atoms with Crippen molar-refractivity contribution in [3.8, 4) is 0 Å². The number of halogens is 1. The van der Waals surface area contributed by atoms with Gasteiger partial charge in [-0.05, 0) is 6.92 Å². The number of hydrogen-bond donors (Lipinski definition) is 1. The fourth-order valence-corrected chi connectivity index (χ4v) is 0.826. The Morgan fingerprint density at radius 3 is 3.00 bits per heavy atom. The summed E-state index contributed by atoms with van der Waals surface area (Å²) in [5.74, 6) is -1.48. The third-order valence-electron chi connectivity index (χ3n) is 1.49. The summed E-state index contributed by atoms with van der Waals surface area (Å²) in [4.78, 5) is 10.2. The molecule has 0 aliphatic carbocycles. The van der Waals surface area contributed by atoms with Gasteiger partial charge in [-0.2, -0.15) is 5.10 Å². The van der Waals surface area contributed by atoms with Gasteiger partial charge in [-0.1, -0.05) is 0 Å². The molecule has 0 saturated heterocycles. The van der Waals surface area contributed by atoms with Gasteiger partial charge in [0.05, 0.1) is 6.20 Å². The van der Waals surface area contributed by atoms with E-state index in [1.165, 1.54) is 17.1 Å². The second-order valence-corrected chi connectivity index (χ2v) is 2.33. The van der Waals surface area contributed by atoms with Gasteiger partial charge in [-0.15, -0.1) is 0 Å². The van der Waals surface area contributed by atoms with E-state index in [4.69, 9.17) is 5.11 Å². The van der Waals surface area contributed by atoms with E-state index in [1.807, 2.05) is 6.92 Å². The molecule has 0 radical (unpaired) electrons. The average Bonchev–Trinajstić information content (AvgIpc) is 2.50. The van der Waals surface area contributed by atoms with E-state index >= 15 is 0 Å². The summed E-state index contributed by atoms with van der Waals surface area (Å²) in [7, 11) is 0. The molecule has 12 heavy (non-hydrogen) atoms. The van der Waals surface area contributed by atoms with Crippen molar-refractivity contribution < 1.29 is 14.3 Å². The number of carboxylic acid groups (broad SMARTS) is 1. The molecule has 1 N–H and O–H groups in total. The summed E-state index contributed by atoms with van der Waals surface area (Å²) in [6.45, 7) is 2.44. The number of alkyl halides is 1. The quantitative estimate of drug-likeness (QED) is 0.739. The second kappa shape index (κ2) is 3.34. The molecule has 0 saturated carbocycles. The summed E-state index contributed by atoms with van der Waals surface area (Å²) in [5.41, 5.74) is 0.0874. The van der Waals surface area contributed by atoms with Gasteiger partial charge in [0.25, 0.3) is 0 Å². The molecule has 0 fully saturated rings. The molecule has 1 aromatic heterocycles. The topological polar surface area (TPSA) is 55.1 Å². The lowest BCUT2D eigenvalue weighted by Crippen LogP contribution is -2.04. The molecule has 0 aliphatic rings. The highest BCUT2D eigenvalue weighted by atomic mass is 19.1. The number of rotatable bonds is 3. The van der Waals surface area contributed by atoms with Gasteiger partial charge in [0.1, 0.15) is 0 Å². The first kappa shape index (κ1) is 8.70. The van der Waals surface area contributed by atoms with Crippen LogP contribution < -0.4 is 0 Å². The highest BCUT2D eigenvalue weighted by molar-refractivity contribution is 5.73. The summed E-state index contributed by atoms with van der Waals surface area (Å²) in [6, 6.07) is 0. The van der Waals surface area contributed by atoms with Gasteiger partial charge in [-0.25, -0.2) is 9.18 Å². The summed E-state index contributed by atoms with van der Waals surface area (Å²) in [5, 5.41) is 12.1. The molecule has 66 valence electrons. The standard InChI is InChI=1S/C7H9FN2O2/c1-2-10-4-5(3-9-10)6(8)7(11)12/h3-4,6H,2H2,1H3,(H,11,12). The van der Waals surface area contributed by atoms with Crippen molar-refractivity contribution in [3.05, 3.63) is 18.0 Å². The van der Waals surface area contributed by atoms with E-state index in [1.54, 1.807) is 0 Å². The van der Waals surface area contributed by atoms with Crippen molar-refractivity contribution in [1.29, 1.82) is 0 Å². The highest BCUT2D eigenvalue weighted by Gasteiger charge is 2.19. The Labute approximate surface area is 68.6 Å². The summed E-state index contributed by atoms with van der Waals surface area (Å²) < 4.78 is 14.2. The van der Waals surface area contributed by atoms with Crippen molar-refractivity contribution in [1.82, 2.24) is 9.78 Å². The fourth-order valence-electron chi connectivity index (χ4n) is 0.826. The first-order chi connectivity index (χ1) is 5.65. The predicted octanol–water partition coefficient (Wildman–Crippen LogP) is 0.998. The van der Waals surface area contributed by atoms with E-state index in [0.29, 0.717) is 6.54 Å². The zero-order valence-corrected chi connectivity index (χ0v) is 6.57. The Morgan fingerprint density at radius 1 is 1.92 bits per heavy atom. The molecular formula is C7H9FN2O2. The van der Waals surface area contributed by atoms with E-state index in [9.17, 15) is 9.18 Å². The Bertz CT molecular complexity index is 285. The van der Waals surface area contributed by atoms with Crippen LogP contribution in [0.4, 0.5) is 4.39 Å². The Morgan fingerprint density at radius 2 is 2.58 bits per heavy atom. The van der Waals surface area contributed by atoms with E-state index in [2.05, 4.69) is 5.10 Å². The second-order valence-electron chi connectivity index (χ2n) is 2.33. The highest BCUT2D eigenvalue weighted by Crippen LogP contribution is 2.15. The van der Waals surface area contributed by atoms with Crippen LogP contribution in [-0.4, -0.2) is 20.9 Å². The molecule has 0 aromatic carbocycles. The summed E-state index contributed by atoms with van der Waals surface area (Å²) >= 11 is 0. The number of carboxylic acids is 1. The molecule has 1 rings (SSSR count). The summed E-state index contributed by atoms with van der Waals surface area (Å²) in [6.07, 6.45) is 0.645.